The van der Waals surface area contributed by atoms with Gasteiger partial charge in [-0.25, -0.2) is 4.79 Å². The molecule has 0 atom stereocenters. The van der Waals surface area contributed by atoms with Crippen LogP contribution in [-0.4, -0.2) is 37.1 Å². The van der Waals surface area contributed by atoms with Gasteiger partial charge >= 0.3 is 6.03 Å². The normalized spacial score (nSPS) is 14.7. The maximum absolute atomic E-state index is 12.8. The summed E-state index contributed by atoms with van der Waals surface area (Å²) in [6, 6.07) is 14.0. The number of rotatable bonds is 3. The lowest BCUT2D eigenvalue weighted by Gasteiger charge is -2.36. The molecule has 26 heavy (non-hydrogen) atoms. The summed E-state index contributed by atoms with van der Waals surface area (Å²) in [4.78, 5) is 16.9. The lowest BCUT2D eigenvalue weighted by Crippen LogP contribution is -2.50. The van der Waals surface area contributed by atoms with E-state index in [9.17, 15) is 4.79 Å². The first-order valence-electron chi connectivity index (χ1n) is 9.11. The number of aryl methyl sites for hydroxylation is 1. The predicted molar refractivity (Wildman–Crippen MR) is 110 cm³/mol. The first-order valence-corrected chi connectivity index (χ1v) is 9.49. The molecule has 0 spiro atoms. The second-order valence-corrected chi connectivity index (χ2v) is 7.51. The maximum atomic E-state index is 12.8. The fourth-order valence-electron chi connectivity index (χ4n) is 3.37. The van der Waals surface area contributed by atoms with Crippen molar-refractivity contribution in [3.05, 3.63) is 58.6 Å². The van der Waals surface area contributed by atoms with Crippen molar-refractivity contribution in [3.63, 3.8) is 0 Å². The van der Waals surface area contributed by atoms with Gasteiger partial charge in [0.15, 0.2) is 0 Å². The van der Waals surface area contributed by atoms with Gasteiger partial charge in [-0.15, -0.1) is 0 Å². The number of nitrogens with zero attached hydrogens (tertiary/aromatic N) is 2. The summed E-state index contributed by atoms with van der Waals surface area (Å²) < 4.78 is 0. The number of halogens is 1. The van der Waals surface area contributed by atoms with Crippen molar-refractivity contribution in [3.8, 4) is 0 Å². The highest BCUT2D eigenvalue weighted by atomic mass is 35.5. The summed E-state index contributed by atoms with van der Waals surface area (Å²) in [6.07, 6.45) is 0. The fraction of sp³-hybridized carbons (Fsp3) is 0.381. The van der Waals surface area contributed by atoms with Gasteiger partial charge < -0.3 is 15.1 Å². The maximum Gasteiger partial charge on any atom is 0.321 e. The molecule has 2 aromatic carbocycles. The van der Waals surface area contributed by atoms with Crippen LogP contribution in [0.4, 0.5) is 16.2 Å². The Bertz CT molecular complexity index is 783. The highest BCUT2D eigenvalue weighted by Gasteiger charge is 2.22. The van der Waals surface area contributed by atoms with E-state index < -0.39 is 0 Å². The smallest absolute Gasteiger partial charge is 0.321 e. The van der Waals surface area contributed by atoms with Gasteiger partial charge in [0.05, 0.1) is 0 Å². The molecular formula is C21H26ClN3O. The quantitative estimate of drug-likeness (QED) is 0.812. The van der Waals surface area contributed by atoms with Gasteiger partial charge in [0.2, 0.25) is 0 Å². The van der Waals surface area contributed by atoms with Gasteiger partial charge in [0.25, 0.3) is 0 Å². The minimum atomic E-state index is -0.0213. The van der Waals surface area contributed by atoms with Crippen LogP contribution in [0.2, 0.25) is 5.02 Å². The van der Waals surface area contributed by atoms with Gasteiger partial charge in [-0.05, 0) is 42.2 Å². The number of amides is 2. The second-order valence-electron chi connectivity index (χ2n) is 7.08. The van der Waals surface area contributed by atoms with Gasteiger partial charge in [0, 0.05) is 42.6 Å². The van der Waals surface area contributed by atoms with E-state index in [1.807, 2.05) is 42.2 Å². The van der Waals surface area contributed by atoms with Crippen molar-refractivity contribution in [1.29, 1.82) is 0 Å². The number of nitrogens with one attached hydrogen (secondary N) is 1. The molecule has 0 radical (unpaired) electrons. The lowest BCUT2D eigenvalue weighted by molar-refractivity contribution is 0.208. The number of urea groups is 1. The van der Waals surface area contributed by atoms with Gasteiger partial charge in [0.1, 0.15) is 0 Å². The standard InChI is InChI=1S/C21H26ClN3O/c1-15(2)19-9-4-6-16(3)20(19)23-21(26)25-12-10-24(11-13-25)18-8-5-7-17(22)14-18/h4-9,14-15H,10-13H2,1-3H3,(H,23,26). The van der Waals surface area contributed by atoms with Crippen LogP contribution in [0.5, 0.6) is 0 Å². The Labute approximate surface area is 160 Å². The number of para-hydroxylation sites is 1. The van der Waals surface area contributed by atoms with Crippen LogP contribution >= 0.6 is 11.6 Å². The summed E-state index contributed by atoms with van der Waals surface area (Å²) in [5.41, 5.74) is 4.33. The molecule has 5 heteroatoms. The van der Waals surface area contributed by atoms with E-state index in [0.29, 0.717) is 19.0 Å². The number of piperazine rings is 1. The lowest BCUT2D eigenvalue weighted by atomic mass is 9.98. The van der Waals surface area contributed by atoms with Crippen molar-refractivity contribution in [2.24, 2.45) is 0 Å². The zero-order valence-corrected chi connectivity index (χ0v) is 16.4. The predicted octanol–water partition coefficient (Wildman–Crippen LogP) is 5.13. The summed E-state index contributed by atoms with van der Waals surface area (Å²) in [5, 5.41) is 3.88. The molecule has 0 aliphatic carbocycles. The third-order valence-corrected chi connectivity index (χ3v) is 5.13. The monoisotopic (exact) mass is 371 g/mol. The Morgan fingerprint density at radius 2 is 1.77 bits per heavy atom. The molecule has 0 aromatic heterocycles. The fourth-order valence-corrected chi connectivity index (χ4v) is 3.55. The highest BCUT2D eigenvalue weighted by molar-refractivity contribution is 6.30. The minimum Gasteiger partial charge on any atom is -0.368 e. The first-order chi connectivity index (χ1) is 12.5. The van der Waals surface area contributed by atoms with E-state index in [0.717, 1.165) is 35.1 Å². The molecule has 1 saturated heterocycles. The van der Waals surface area contributed by atoms with E-state index in [1.165, 1.54) is 5.56 Å². The molecule has 2 aromatic rings. The third-order valence-electron chi connectivity index (χ3n) is 4.90. The zero-order valence-electron chi connectivity index (χ0n) is 15.6. The molecule has 2 amide bonds. The molecule has 1 aliphatic heterocycles. The number of hydrogen-bond acceptors (Lipinski definition) is 2. The molecule has 1 aliphatic rings. The minimum absolute atomic E-state index is 0.0213. The third kappa shape index (κ3) is 4.13. The van der Waals surface area contributed by atoms with E-state index in [4.69, 9.17) is 11.6 Å². The Balaban J connectivity index is 1.65. The molecule has 0 bridgehead atoms. The van der Waals surface area contributed by atoms with Crippen LogP contribution in [0.15, 0.2) is 42.5 Å². The summed E-state index contributed by atoms with van der Waals surface area (Å²) in [7, 11) is 0. The Hall–Kier alpha value is -2.20. The number of benzene rings is 2. The topological polar surface area (TPSA) is 35.6 Å². The molecule has 1 N–H and O–H groups in total. The molecule has 0 saturated carbocycles. The van der Waals surface area contributed by atoms with Gasteiger partial charge in [-0.1, -0.05) is 49.7 Å². The van der Waals surface area contributed by atoms with Crippen LogP contribution < -0.4 is 10.2 Å². The average Bonchev–Trinajstić information content (AvgIpc) is 2.63. The van der Waals surface area contributed by atoms with Crippen LogP contribution in [0, 0.1) is 6.92 Å². The summed E-state index contributed by atoms with van der Waals surface area (Å²) in [6.45, 7) is 9.33. The van der Waals surface area contributed by atoms with Crippen LogP contribution in [0.3, 0.4) is 0 Å². The van der Waals surface area contributed by atoms with E-state index in [2.05, 4.69) is 36.2 Å². The highest BCUT2D eigenvalue weighted by Crippen LogP contribution is 2.28. The molecule has 1 fully saturated rings. The van der Waals surface area contributed by atoms with Crippen molar-refractivity contribution in [1.82, 2.24) is 4.90 Å². The van der Waals surface area contributed by atoms with E-state index in [1.54, 1.807) is 0 Å². The Morgan fingerprint density at radius 3 is 2.42 bits per heavy atom. The van der Waals surface area contributed by atoms with Crippen LogP contribution in [0.25, 0.3) is 0 Å². The van der Waals surface area contributed by atoms with Crippen molar-refractivity contribution >= 4 is 29.0 Å². The molecule has 138 valence electrons. The summed E-state index contributed by atoms with van der Waals surface area (Å²) in [5.74, 6) is 0.366. The van der Waals surface area contributed by atoms with Gasteiger partial charge in [-0.3, -0.25) is 0 Å². The van der Waals surface area contributed by atoms with E-state index >= 15 is 0 Å². The zero-order chi connectivity index (χ0) is 18.7. The van der Waals surface area contributed by atoms with Crippen molar-refractivity contribution in [2.45, 2.75) is 26.7 Å². The Morgan fingerprint density at radius 1 is 1.08 bits per heavy atom. The molecule has 3 rings (SSSR count). The molecule has 4 nitrogen and oxygen atoms in total. The second kappa shape index (κ2) is 8.00. The number of carbonyl (C=O) groups is 1. The molecular weight excluding hydrogens is 346 g/mol. The number of anilines is 2. The van der Waals surface area contributed by atoms with Crippen molar-refractivity contribution in [2.75, 3.05) is 36.4 Å². The van der Waals surface area contributed by atoms with Gasteiger partial charge in [-0.2, -0.15) is 0 Å². The van der Waals surface area contributed by atoms with Crippen molar-refractivity contribution < 1.29 is 4.79 Å². The largest absolute Gasteiger partial charge is 0.368 e. The SMILES string of the molecule is Cc1cccc(C(C)C)c1NC(=O)N1CCN(c2cccc(Cl)c2)CC1. The van der Waals surface area contributed by atoms with Crippen LogP contribution in [0.1, 0.15) is 30.9 Å². The molecule has 0 unspecified atom stereocenters. The van der Waals surface area contributed by atoms with E-state index in [-0.39, 0.29) is 6.03 Å². The average molecular weight is 372 g/mol. The summed E-state index contributed by atoms with van der Waals surface area (Å²) >= 11 is 6.09. The van der Waals surface area contributed by atoms with Crippen LogP contribution in [-0.2, 0) is 0 Å². The Kier molecular flexibility index (Phi) is 5.72. The first kappa shape index (κ1) is 18.6. The molecule has 1 heterocycles. The number of carbonyl (C=O) groups excluding carboxylic acids is 1. The number of hydrogen-bond donors (Lipinski definition) is 1.